The summed E-state index contributed by atoms with van der Waals surface area (Å²) in [5.41, 5.74) is 3.66. The predicted molar refractivity (Wildman–Crippen MR) is 75.2 cm³/mol. The zero-order valence-corrected chi connectivity index (χ0v) is 10.5. The second kappa shape index (κ2) is 3.28. The number of pyridine rings is 1. The largest absolute Gasteiger partial charge is 0.412 e. The van der Waals surface area contributed by atoms with E-state index < -0.39 is 6.98 Å². The van der Waals surface area contributed by atoms with Gasteiger partial charge >= 0.3 is 11.5 Å². The van der Waals surface area contributed by atoms with Gasteiger partial charge in [0.25, 0.3) is 0 Å². The van der Waals surface area contributed by atoms with Gasteiger partial charge in [0.2, 0.25) is 5.58 Å². The average molecular weight is 265 g/mol. The van der Waals surface area contributed by atoms with E-state index in [1.165, 1.54) is 4.57 Å². The van der Waals surface area contributed by atoms with E-state index >= 15 is 0 Å². The third-order valence-corrected chi connectivity index (χ3v) is 3.93. The van der Waals surface area contributed by atoms with Gasteiger partial charge < -0.3 is 4.42 Å². The molecular formula is C16H12N3O+. The Morgan fingerprint density at radius 1 is 1.30 bits per heavy atom. The van der Waals surface area contributed by atoms with Gasteiger partial charge in [0.1, 0.15) is 12.1 Å². The molecular weight excluding hydrogens is 250 g/mol. The van der Waals surface area contributed by atoms with E-state index in [1.54, 1.807) is 6.20 Å². The van der Waals surface area contributed by atoms with Crippen LogP contribution in [0.3, 0.4) is 0 Å². The molecule has 0 fully saturated rings. The third kappa shape index (κ3) is 1.04. The lowest BCUT2D eigenvalue weighted by atomic mass is 10.2. The molecule has 3 aromatic heterocycles. The summed E-state index contributed by atoms with van der Waals surface area (Å²) in [5, 5.41) is 0.804. The minimum absolute atomic E-state index is 0.567. The van der Waals surface area contributed by atoms with Crippen LogP contribution in [0.4, 0.5) is 0 Å². The number of oxazole rings is 1. The molecule has 0 atom stereocenters. The molecule has 0 spiro atoms. The predicted octanol–water partition coefficient (Wildman–Crippen LogP) is 2.64. The summed E-state index contributed by atoms with van der Waals surface area (Å²) in [6.45, 7) is -1.72. The maximum atomic E-state index is 7.94. The molecule has 0 amide bonds. The minimum atomic E-state index is -2.28. The summed E-state index contributed by atoms with van der Waals surface area (Å²) in [6, 6.07) is 11.3. The summed E-state index contributed by atoms with van der Waals surface area (Å²) < 4.78 is 33.2. The zero-order chi connectivity index (χ0) is 15.8. The molecule has 0 bridgehead atoms. The number of fused-ring (bicyclic) bond motifs is 7. The fourth-order valence-corrected chi connectivity index (χ4v) is 3.04. The van der Waals surface area contributed by atoms with E-state index in [4.69, 9.17) is 8.53 Å². The van der Waals surface area contributed by atoms with Crippen LogP contribution in [0.5, 0.6) is 0 Å². The molecule has 0 N–H and O–H groups in total. The number of aryl methyl sites for hydroxylation is 1. The first-order chi connectivity index (χ1) is 11.1. The number of para-hydroxylation sites is 1. The first kappa shape index (κ1) is 7.85. The lowest BCUT2D eigenvalue weighted by molar-refractivity contribution is -0.652. The van der Waals surface area contributed by atoms with E-state index in [-0.39, 0.29) is 0 Å². The molecule has 0 aliphatic carbocycles. The number of benzene rings is 1. The molecule has 0 unspecified atom stereocenters. The van der Waals surface area contributed by atoms with Crippen molar-refractivity contribution in [3.8, 4) is 11.6 Å². The van der Waals surface area contributed by atoms with E-state index in [2.05, 4.69) is 4.98 Å². The van der Waals surface area contributed by atoms with Crippen molar-refractivity contribution in [2.24, 2.45) is 6.98 Å². The molecule has 0 radical (unpaired) electrons. The maximum absolute atomic E-state index is 7.94. The summed E-state index contributed by atoms with van der Waals surface area (Å²) in [6.07, 6.45) is 1.72. The molecule has 0 saturated carbocycles. The molecule has 1 aliphatic rings. The van der Waals surface area contributed by atoms with Gasteiger partial charge in [-0.05, 0) is 18.2 Å². The van der Waals surface area contributed by atoms with Crippen LogP contribution >= 0.6 is 0 Å². The molecule has 1 aromatic carbocycles. The molecule has 4 aromatic rings. The summed E-state index contributed by atoms with van der Waals surface area (Å²) >= 11 is 0. The van der Waals surface area contributed by atoms with Crippen molar-refractivity contribution < 1.29 is 13.1 Å². The molecule has 4 heterocycles. The Bertz CT molecular complexity index is 1090. The van der Waals surface area contributed by atoms with Crippen LogP contribution in [0, 0.1) is 0 Å². The summed E-state index contributed by atoms with van der Waals surface area (Å²) in [5.74, 6) is 0.620. The fourth-order valence-electron chi connectivity index (χ4n) is 3.04. The van der Waals surface area contributed by atoms with E-state index in [0.29, 0.717) is 29.2 Å². The van der Waals surface area contributed by atoms with Crippen molar-refractivity contribution in [2.75, 3.05) is 0 Å². The quantitative estimate of drug-likeness (QED) is 0.403. The van der Waals surface area contributed by atoms with Crippen LogP contribution < -0.4 is 4.57 Å². The zero-order valence-electron chi connectivity index (χ0n) is 13.5. The third-order valence-electron chi connectivity index (χ3n) is 3.93. The van der Waals surface area contributed by atoms with Crippen molar-refractivity contribution in [3.05, 3.63) is 48.2 Å². The van der Waals surface area contributed by atoms with Gasteiger partial charge in [-0.15, -0.1) is 0 Å². The van der Waals surface area contributed by atoms with E-state index in [1.807, 2.05) is 41.0 Å². The van der Waals surface area contributed by atoms with Crippen molar-refractivity contribution in [2.45, 2.75) is 6.54 Å². The molecule has 0 saturated heterocycles. The smallest absolute Gasteiger partial charge is 0.329 e. The van der Waals surface area contributed by atoms with Gasteiger partial charge in [0.15, 0.2) is 5.69 Å². The Labute approximate surface area is 119 Å². The molecule has 20 heavy (non-hydrogen) atoms. The first-order valence-corrected chi connectivity index (χ1v) is 6.46. The lowest BCUT2D eigenvalue weighted by Crippen LogP contribution is -2.32. The van der Waals surface area contributed by atoms with Gasteiger partial charge in [-0.25, -0.2) is 9.55 Å². The van der Waals surface area contributed by atoms with Crippen LogP contribution in [0.2, 0.25) is 0 Å². The van der Waals surface area contributed by atoms with Crippen molar-refractivity contribution in [1.82, 2.24) is 9.55 Å². The fraction of sp³-hybridized carbons (Fsp3) is 0.125. The molecule has 4 heteroatoms. The van der Waals surface area contributed by atoms with E-state index in [9.17, 15) is 0 Å². The Hall–Kier alpha value is -2.62. The number of hydrogen-bond donors (Lipinski definition) is 0. The molecule has 1 aliphatic heterocycles. The Morgan fingerprint density at radius 2 is 2.25 bits per heavy atom. The number of nitrogens with zero attached hydrogens (tertiary/aromatic N) is 3. The summed E-state index contributed by atoms with van der Waals surface area (Å²) in [7, 11) is 0. The SMILES string of the molecule is [2H]C([2H])([2H])n1c2ccccc2c2oc3[n+](c21)Cc1cccnc1-3. The van der Waals surface area contributed by atoms with Crippen LogP contribution in [0.15, 0.2) is 47.0 Å². The first-order valence-electron chi connectivity index (χ1n) is 7.96. The van der Waals surface area contributed by atoms with Crippen LogP contribution in [0.25, 0.3) is 33.7 Å². The number of aromatic nitrogens is 3. The Balaban J connectivity index is 1.97. The summed E-state index contributed by atoms with van der Waals surface area (Å²) in [4.78, 5) is 4.38. The second-order valence-electron chi connectivity index (χ2n) is 5.01. The van der Waals surface area contributed by atoms with Crippen molar-refractivity contribution in [3.63, 3.8) is 0 Å². The number of rotatable bonds is 0. The van der Waals surface area contributed by atoms with Crippen LogP contribution in [-0.4, -0.2) is 9.55 Å². The number of hydrogen-bond acceptors (Lipinski definition) is 2. The maximum Gasteiger partial charge on any atom is 0.329 e. The van der Waals surface area contributed by atoms with Crippen LogP contribution in [-0.2, 0) is 13.5 Å². The molecule has 5 rings (SSSR count). The highest BCUT2D eigenvalue weighted by Crippen LogP contribution is 2.34. The minimum Gasteiger partial charge on any atom is -0.412 e. The highest BCUT2D eigenvalue weighted by atomic mass is 16.4. The van der Waals surface area contributed by atoms with Crippen LogP contribution in [0.1, 0.15) is 9.68 Å². The van der Waals surface area contributed by atoms with Crippen molar-refractivity contribution >= 4 is 22.1 Å². The molecule has 4 nitrogen and oxygen atoms in total. The van der Waals surface area contributed by atoms with E-state index in [0.717, 1.165) is 16.6 Å². The lowest BCUT2D eigenvalue weighted by Gasteiger charge is -1.92. The van der Waals surface area contributed by atoms with Gasteiger partial charge in [-0.3, -0.25) is 0 Å². The highest BCUT2D eigenvalue weighted by molar-refractivity contribution is 6.02. The monoisotopic (exact) mass is 265 g/mol. The highest BCUT2D eigenvalue weighted by Gasteiger charge is 2.34. The second-order valence-corrected chi connectivity index (χ2v) is 5.01. The van der Waals surface area contributed by atoms with Crippen molar-refractivity contribution in [1.29, 1.82) is 0 Å². The van der Waals surface area contributed by atoms with Gasteiger partial charge in [-0.1, -0.05) is 18.2 Å². The van der Waals surface area contributed by atoms with Gasteiger partial charge in [0.05, 0.1) is 16.5 Å². The Kier molecular flexibility index (Phi) is 1.29. The molecule has 96 valence electrons. The Morgan fingerprint density at radius 3 is 3.20 bits per heavy atom. The average Bonchev–Trinajstić information content (AvgIpc) is 3.13. The normalized spacial score (nSPS) is 15.9. The van der Waals surface area contributed by atoms with Gasteiger partial charge in [-0.2, -0.15) is 4.57 Å². The standard InChI is InChI=1S/C16H12N3O/c1-18-12-7-3-2-6-11(12)14-15(18)19-9-10-5-4-8-17-13(10)16(19)20-14/h2-8H,9H2,1H3/q+1/i1D3. The van der Waals surface area contributed by atoms with Gasteiger partial charge in [0, 0.05) is 11.8 Å². The topological polar surface area (TPSA) is 34.8 Å².